The fourth-order valence-corrected chi connectivity index (χ4v) is 2.54. The second-order valence-electron chi connectivity index (χ2n) is 6.50. The third kappa shape index (κ3) is 5.10. The SMILES string of the molecule is CC1=C(/C=C/C(C)=C/C=C\C(C)=C\C=O)C(C)(C)CCC1=O. The van der Waals surface area contributed by atoms with Gasteiger partial charge in [-0.05, 0) is 55.4 Å². The zero-order valence-corrected chi connectivity index (χ0v) is 14.3. The Bertz CT molecular complexity index is 593. The lowest BCUT2D eigenvalue weighted by atomic mass is 9.72. The molecule has 0 spiro atoms. The van der Waals surface area contributed by atoms with Crippen molar-refractivity contribution < 1.29 is 9.59 Å². The van der Waals surface area contributed by atoms with Gasteiger partial charge in [-0.3, -0.25) is 9.59 Å². The highest BCUT2D eigenvalue weighted by atomic mass is 16.1. The number of allylic oxidation sites excluding steroid dienone is 10. The summed E-state index contributed by atoms with van der Waals surface area (Å²) in [6.45, 7) is 10.2. The predicted octanol–water partition coefficient (Wildman–Crippen LogP) is 4.90. The molecule has 2 heteroatoms. The summed E-state index contributed by atoms with van der Waals surface area (Å²) in [7, 11) is 0. The minimum absolute atomic E-state index is 0.0495. The predicted molar refractivity (Wildman–Crippen MR) is 92.6 cm³/mol. The van der Waals surface area contributed by atoms with Gasteiger partial charge in [-0.15, -0.1) is 0 Å². The van der Waals surface area contributed by atoms with Crippen LogP contribution in [0.25, 0.3) is 0 Å². The molecule has 0 atom stereocenters. The van der Waals surface area contributed by atoms with Crippen LogP contribution in [0.1, 0.15) is 47.5 Å². The van der Waals surface area contributed by atoms with Crippen molar-refractivity contribution in [2.75, 3.05) is 0 Å². The molecule has 0 aromatic rings. The van der Waals surface area contributed by atoms with E-state index < -0.39 is 0 Å². The molecule has 0 radical (unpaired) electrons. The molecule has 22 heavy (non-hydrogen) atoms. The molecule has 1 aliphatic carbocycles. The Kier molecular flexibility index (Phi) is 6.48. The number of rotatable bonds is 5. The van der Waals surface area contributed by atoms with Gasteiger partial charge in [0.2, 0.25) is 0 Å². The van der Waals surface area contributed by atoms with Crippen molar-refractivity contribution in [3.05, 3.63) is 58.7 Å². The van der Waals surface area contributed by atoms with Crippen molar-refractivity contribution >= 4 is 12.1 Å². The highest BCUT2D eigenvalue weighted by Crippen LogP contribution is 2.39. The largest absolute Gasteiger partial charge is 0.299 e. The summed E-state index contributed by atoms with van der Waals surface area (Å²) in [4.78, 5) is 22.2. The average molecular weight is 298 g/mol. The minimum atomic E-state index is 0.0495. The molecular formula is C20H26O2. The number of Topliss-reactive ketones (excluding diaryl/α,β-unsaturated/α-hetero) is 1. The maximum atomic E-state index is 11.9. The van der Waals surface area contributed by atoms with E-state index in [4.69, 9.17) is 0 Å². The second kappa shape index (κ2) is 7.88. The molecule has 0 N–H and O–H groups in total. The van der Waals surface area contributed by atoms with Gasteiger partial charge in [-0.1, -0.05) is 49.8 Å². The Morgan fingerprint density at radius 2 is 1.73 bits per heavy atom. The average Bonchev–Trinajstić information content (AvgIpc) is 2.43. The Balaban J connectivity index is 2.90. The fourth-order valence-electron chi connectivity index (χ4n) is 2.54. The molecule has 2 nitrogen and oxygen atoms in total. The van der Waals surface area contributed by atoms with Crippen LogP contribution in [0, 0.1) is 5.41 Å². The van der Waals surface area contributed by atoms with E-state index >= 15 is 0 Å². The first kappa shape index (κ1) is 18.1. The summed E-state index contributed by atoms with van der Waals surface area (Å²) in [6, 6.07) is 0. The molecule has 0 amide bonds. The first-order valence-corrected chi connectivity index (χ1v) is 7.67. The molecule has 1 rings (SSSR count). The van der Waals surface area contributed by atoms with Gasteiger partial charge in [-0.25, -0.2) is 0 Å². The van der Waals surface area contributed by atoms with Gasteiger partial charge in [-0.2, -0.15) is 0 Å². The minimum Gasteiger partial charge on any atom is -0.299 e. The van der Waals surface area contributed by atoms with E-state index in [1.54, 1.807) is 0 Å². The number of ketones is 1. The highest BCUT2D eigenvalue weighted by molar-refractivity contribution is 5.97. The van der Waals surface area contributed by atoms with Gasteiger partial charge in [0, 0.05) is 6.42 Å². The van der Waals surface area contributed by atoms with Gasteiger partial charge < -0.3 is 0 Å². The first-order chi connectivity index (χ1) is 10.3. The van der Waals surface area contributed by atoms with Gasteiger partial charge in [0.15, 0.2) is 5.78 Å². The fraction of sp³-hybridized carbons (Fsp3) is 0.400. The van der Waals surface area contributed by atoms with Crippen LogP contribution < -0.4 is 0 Å². The van der Waals surface area contributed by atoms with E-state index in [2.05, 4.69) is 19.9 Å². The van der Waals surface area contributed by atoms with Crippen molar-refractivity contribution in [3.8, 4) is 0 Å². The maximum absolute atomic E-state index is 11.9. The zero-order valence-electron chi connectivity index (χ0n) is 14.3. The van der Waals surface area contributed by atoms with Crippen LogP contribution in [0.3, 0.4) is 0 Å². The van der Waals surface area contributed by atoms with Crippen LogP contribution in [-0.4, -0.2) is 12.1 Å². The smallest absolute Gasteiger partial charge is 0.158 e. The number of carbonyl (C=O) groups is 2. The molecule has 0 saturated heterocycles. The Morgan fingerprint density at radius 1 is 1.09 bits per heavy atom. The number of aldehydes is 1. The van der Waals surface area contributed by atoms with Gasteiger partial charge >= 0.3 is 0 Å². The topological polar surface area (TPSA) is 34.1 Å². The maximum Gasteiger partial charge on any atom is 0.158 e. The van der Waals surface area contributed by atoms with Crippen LogP contribution in [0.15, 0.2) is 58.7 Å². The normalized spacial score (nSPS) is 20.3. The summed E-state index contributed by atoms with van der Waals surface area (Å²) < 4.78 is 0. The molecule has 0 heterocycles. The highest BCUT2D eigenvalue weighted by Gasteiger charge is 2.30. The van der Waals surface area contributed by atoms with Crippen LogP contribution >= 0.6 is 0 Å². The molecule has 0 aromatic heterocycles. The van der Waals surface area contributed by atoms with Crippen molar-refractivity contribution in [1.82, 2.24) is 0 Å². The molecule has 0 bridgehead atoms. The summed E-state index contributed by atoms with van der Waals surface area (Å²) in [5, 5.41) is 0. The summed E-state index contributed by atoms with van der Waals surface area (Å²) in [6.07, 6.45) is 13.8. The van der Waals surface area contributed by atoms with E-state index in [0.29, 0.717) is 6.42 Å². The van der Waals surface area contributed by atoms with E-state index in [0.717, 1.165) is 35.0 Å². The molecule has 118 valence electrons. The molecule has 0 aliphatic heterocycles. The summed E-state index contributed by atoms with van der Waals surface area (Å²) in [5.74, 6) is 0.259. The lowest BCUT2D eigenvalue weighted by Gasteiger charge is -2.32. The molecule has 1 aliphatic rings. The quantitative estimate of drug-likeness (QED) is 0.411. The van der Waals surface area contributed by atoms with Crippen molar-refractivity contribution in [3.63, 3.8) is 0 Å². The number of hydrogen-bond donors (Lipinski definition) is 0. The molecular weight excluding hydrogens is 272 g/mol. The van der Waals surface area contributed by atoms with Crippen LogP contribution in [0.2, 0.25) is 0 Å². The molecule has 0 fully saturated rings. The number of hydrogen-bond acceptors (Lipinski definition) is 2. The van der Waals surface area contributed by atoms with Crippen molar-refractivity contribution in [2.24, 2.45) is 5.41 Å². The van der Waals surface area contributed by atoms with Crippen LogP contribution in [-0.2, 0) is 9.59 Å². The third-order valence-corrected chi connectivity index (χ3v) is 4.09. The van der Waals surface area contributed by atoms with Crippen LogP contribution in [0.4, 0.5) is 0 Å². The Hall–Kier alpha value is -1.96. The summed E-state index contributed by atoms with van der Waals surface area (Å²) >= 11 is 0. The third-order valence-electron chi connectivity index (χ3n) is 4.09. The van der Waals surface area contributed by atoms with Gasteiger partial charge in [0.25, 0.3) is 0 Å². The van der Waals surface area contributed by atoms with E-state index in [1.165, 1.54) is 6.08 Å². The van der Waals surface area contributed by atoms with Crippen molar-refractivity contribution in [2.45, 2.75) is 47.5 Å². The number of carbonyl (C=O) groups excluding carboxylic acids is 2. The van der Waals surface area contributed by atoms with E-state index in [1.807, 2.05) is 45.1 Å². The Labute approximate surface area is 134 Å². The Morgan fingerprint density at radius 3 is 2.36 bits per heavy atom. The zero-order chi connectivity index (χ0) is 16.8. The van der Waals surface area contributed by atoms with Crippen LogP contribution in [0.5, 0.6) is 0 Å². The standard InChI is InChI=1S/C20H26O2/c1-15(7-6-8-16(2)12-14-21)9-10-18-17(3)19(22)11-13-20(18,4)5/h6-10,12,14H,11,13H2,1-5H3/b8-6-,10-9+,15-7+,16-12+. The van der Waals surface area contributed by atoms with E-state index in [-0.39, 0.29) is 11.2 Å². The summed E-state index contributed by atoms with van der Waals surface area (Å²) in [5.41, 5.74) is 4.09. The molecule has 0 aromatic carbocycles. The second-order valence-corrected chi connectivity index (χ2v) is 6.50. The first-order valence-electron chi connectivity index (χ1n) is 7.67. The van der Waals surface area contributed by atoms with Gasteiger partial charge in [0.05, 0.1) is 0 Å². The van der Waals surface area contributed by atoms with Gasteiger partial charge in [0.1, 0.15) is 6.29 Å². The van der Waals surface area contributed by atoms with E-state index in [9.17, 15) is 9.59 Å². The lowest BCUT2D eigenvalue weighted by molar-refractivity contribution is -0.116. The molecule has 0 unspecified atom stereocenters. The van der Waals surface area contributed by atoms with Crippen molar-refractivity contribution in [1.29, 1.82) is 0 Å². The molecule has 0 saturated carbocycles. The lowest BCUT2D eigenvalue weighted by Crippen LogP contribution is -2.24. The monoisotopic (exact) mass is 298 g/mol.